The van der Waals surface area contributed by atoms with Crippen LogP contribution < -0.4 is 10.6 Å². The van der Waals surface area contributed by atoms with Gasteiger partial charge in [-0.05, 0) is 59.0 Å². The maximum atomic E-state index is 12.0. The van der Waals surface area contributed by atoms with E-state index in [2.05, 4.69) is 48.5 Å². The number of carbonyl (C=O) groups is 1. The minimum atomic E-state index is -0.0876. The molecule has 0 radical (unpaired) electrons. The number of aromatic nitrogens is 4. The van der Waals surface area contributed by atoms with Gasteiger partial charge in [0.25, 0.3) is 5.91 Å². The zero-order chi connectivity index (χ0) is 16.8. The monoisotopic (exact) mass is 434 g/mol. The second-order valence-electron chi connectivity index (χ2n) is 4.92. The predicted octanol–water partition coefficient (Wildman–Crippen LogP) is 2.11. The lowest BCUT2D eigenvalue weighted by Crippen LogP contribution is -2.29. The normalized spacial score (nSPS) is 10.4. The minimum Gasteiger partial charge on any atom is -0.367 e. The first-order valence-corrected chi connectivity index (χ1v) is 8.41. The Balaban J connectivity index is 1.46. The lowest BCUT2D eigenvalue weighted by molar-refractivity contribution is 0.0955. The summed E-state index contributed by atoms with van der Waals surface area (Å²) in [6.45, 7) is 1.05. The molecule has 2 heterocycles. The number of nitrogens with zero attached hydrogens (tertiary/aromatic N) is 4. The van der Waals surface area contributed by atoms with Gasteiger partial charge in [-0.25, -0.2) is 4.68 Å². The number of rotatable bonds is 6. The largest absolute Gasteiger partial charge is 0.367 e. The Morgan fingerprint density at radius 2 is 2.04 bits per heavy atom. The smallest absolute Gasteiger partial charge is 0.251 e. The molecule has 0 aliphatic carbocycles. The van der Waals surface area contributed by atoms with Gasteiger partial charge in [-0.2, -0.15) is 5.10 Å². The second-order valence-corrected chi connectivity index (χ2v) is 6.17. The summed E-state index contributed by atoms with van der Waals surface area (Å²) in [5, 5.41) is 18.2. The predicted molar refractivity (Wildman–Crippen MR) is 99.1 cm³/mol. The molecule has 0 saturated heterocycles. The Bertz CT molecular complexity index is 804. The van der Waals surface area contributed by atoms with E-state index in [-0.39, 0.29) is 5.91 Å². The summed E-state index contributed by atoms with van der Waals surface area (Å²) >= 11 is 2.18. The molecule has 122 valence electrons. The van der Waals surface area contributed by atoms with Crippen molar-refractivity contribution >= 4 is 34.3 Å². The third kappa shape index (κ3) is 4.28. The van der Waals surface area contributed by atoms with Crippen molar-refractivity contribution in [2.45, 2.75) is 0 Å². The zero-order valence-electron chi connectivity index (χ0n) is 12.7. The molecule has 0 aliphatic heterocycles. The molecular formula is C16H15IN6O. The Kier molecular flexibility index (Phi) is 5.36. The number of anilines is 1. The lowest BCUT2D eigenvalue weighted by atomic mass is 10.2. The van der Waals surface area contributed by atoms with E-state index in [0.717, 1.165) is 3.57 Å². The zero-order valence-corrected chi connectivity index (χ0v) is 14.8. The first-order chi connectivity index (χ1) is 11.7. The number of hydrogen-bond donors (Lipinski definition) is 2. The van der Waals surface area contributed by atoms with Crippen LogP contribution in [-0.4, -0.2) is 39.0 Å². The number of carbonyl (C=O) groups excluding carboxylic acids is 1. The molecule has 0 spiro atoms. The fourth-order valence-electron chi connectivity index (χ4n) is 2.04. The highest BCUT2D eigenvalue weighted by atomic mass is 127. The van der Waals surface area contributed by atoms with Crippen LogP contribution in [0, 0.1) is 3.57 Å². The van der Waals surface area contributed by atoms with Crippen molar-refractivity contribution in [3.63, 3.8) is 0 Å². The van der Waals surface area contributed by atoms with Gasteiger partial charge in [-0.3, -0.25) is 4.79 Å². The van der Waals surface area contributed by atoms with E-state index in [9.17, 15) is 4.79 Å². The Labute approximate surface area is 152 Å². The average Bonchev–Trinajstić information content (AvgIpc) is 3.14. The van der Waals surface area contributed by atoms with Crippen LogP contribution in [0.15, 0.2) is 54.9 Å². The van der Waals surface area contributed by atoms with Crippen molar-refractivity contribution in [2.24, 2.45) is 0 Å². The van der Waals surface area contributed by atoms with E-state index < -0.39 is 0 Å². The van der Waals surface area contributed by atoms with E-state index in [4.69, 9.17) is 0 Å². The maximum Gasteiger partial charge on any atom is 0.251 e. The first kappa shape index (κ1) is 16.4. The highest BCUT2D eigenvalue weighted by molar-refractivity contribution is 14.1. The van der Waals surface area contributed by atoms with E-state index in [1.54, 1.807) is 23.1 Å². The second kappa shape index (κ2) is 7.86. The Hall–Kier alpha value is -2.49. The van der Waals surface area contributed by atoms with Crippen LogP contribution in [0.3, 0.4) is 0 Å². The summed E-state index contributed by atoms with van der Waals surface area (Å²) in [7, 11) is 0. The van der Waals surface area contributed by atoms with Gasteiger partial charge in [0.2, 0.25) is 0 Å². The van der Waals surface area contributed by atoms with E-state index in [1.165, 1.54) is 0 Å². The summed E-state index contributed by atoms with van der Waals surface area (Å²) in [6.07, 6.45) is 3.49. The fraction of sp³-hybridized carbons (Fsp3) is 0.125. The van der Waals surface area contributed by atoms with Crippen molar-refractivity contribution in [3.05, 3.63) is 64.0 Å². The fourth-order valence-corrected chi connectivity index (χ4v) is 2.59. The molecule has 0 atom stereocenters. The van der Waals surface area contributed by atoms with Gasteiger partial charge in [0, 0.05) is 34.6 Å². The quantitative estimate of drug-likeness (QED) is 0.459. The van der Waals surface area contributed by atoms with Crippen molar-refractivity contribution < 1.29 is 4.79 Å². The molecular weight excluding hydrogens is 419 g/mol. The van der Waals surface area contributed by atoms with Gasteiger partial charge < -0.3 is 10.6 Å². The minimum absolute atomic E-state index is 0.0876. The van der Waals surface area contributed by atoms with Crippen LogP contribution in [0.4, 0.5) is 5.82 Å². The molecule has 24 heavy (non-hydrogen) atoms. The van der Waals surface area contributed by atoms with Gasteiger partial charge in [-0.15, -0.1) is 10.2 Å². The molecule has 1 amide bonds. The van der Waals surface area contributed by atoms with Gasteiger partial charge >= 0.3 is 0 Å². The molecule has 3 rings (SSSR count). The van der Waals surface area contributed by atoms with Crippen molar-refractivity contribution in [2.75, 3.05) is 18.4 Å². The van der Waals surface area contributed by atoms with Crippen LogP contribution in [0.1, 0.15) is 10.4 Å². The summed E-state index contributed by atoms with van der Waals surface area (Å²) in [5.74, 6) is 1.21. The highest BCUT2D eigenvalue weighted by Crippen LogP contribution is 2.07. The van der Waals surface area contributed by atoms with E-state index in [0.29, 0.717) is 30.3 Å². The van der Waals surface area contributed by atoms with Crippen LogP contribution >= 0.6 is 22.6 Å². The summed E-state index contributed by atoms with van der Waals surface area (Å²) in [4.78, 5) is 12.0. The number of hydrogen-bond acceptors (Lipinski definition) is 5. The summed E-state index contributed by atoms with van der Waals surface area (Å²) in [6, 6.07) is 12.9. The van der Waals surface area contributed by atoms with Crippen LogP contribution in [-0.2, 0) is 0 Å². The Morgan fingerprint density at radius 1 is 1.12 bits per heavy atom. The number of nitrogens with one attached hydrogen (secondary N) is 2. The third-order valence-electron chi connectivity index (χ3n) is 3.19. The summed E-state index contributed by atoms with van der Waals surface area (Å²) < 4.78 is 2.67. The van der Waals surface area contributed by atoms with Gasteiger partial charge in [-0.1, -0.05) is 6.07 Å². The third-order valence-corrected chi connectivity index (χ3v) is 3.86. The Morgan fingerprint density at radius 3 is 2.75 bits per heavy atom. The molecule has 8 heteroatoms. The van der Waals surface area contributed by atoms with Gasteiger partial charge in [0.1, 0.15) is 5.82 Å². The van der Waals surface area contributed by atoms with Crippen molar-refractivity contribution in [1.82, 2.24) is 25.3 Å². The molecule has 0 aliphatic rings. The molecule has 3 aromatic rings. The van der Waals surface area contributed by atoms with Crippen molar-refractivity contribution in [1.29, 1.82) is 0 Å². The van der Waals surface area contributed by atoms with Crippen LogP contribution in [0.25, 0.3) is 5.82 Å². The van der Waals surface area contributed by atoms with Crippen molar-refractivity contribution in [3.8, 4) is 5.82 Å². The topological polar surface area (TPSA) is 84.7 Å². The number of halogens is 1. The maximum absolute atomic E-state index is 12.0. The summed E-state index contributed by atoms with van der Waals surface area (Å²) in [5.41, 5.74) is 0.658. The standard InChI is InChI=1S/C16H15IN6O/c17-13-4-1-3-12(11-13)16(24)19-9-8-18-14-5-6-15(22-21-14)23-10-2-7-20-23/h1-7,10-11H,8-9H2,(H,18,21)(H,19,24). The molecule has 0 fully saturated rings. The first-order valence-electron chi connectivity index (χ1n) is 7.34. The van der Waals surface area contributed by atoms with Crippen LogP contribution in [0.2, 0.25) is 0 Å². The average molecular weight is 434 g/mol. The van der Waals surface area contributed by atoms with Crippen LogP contribution in [0.5, 0.6) is 0 Å². The van der Waals surface area contributed by atoms with Gasteiger partial charge in [0.05, 0.1) is 0 Å². The van der Waals surface area contributed by atoms with E-state index >= 15 is 0 Å². The SMILES string of the molecule is O=C(NCCNc1ccc(-n2cccn2)nn1)c1cccc(I)c1. The molecule has 2 aromatic heterocycles. The molecule has 0 unspecified atom stereocenters. The lowest BCUT2D eigenvalue weighted by Gasteiger charge is -2.08. The number of amides is 1. The van der Waals surface area contributed by atoms with Gasteiger partial charge in [0.15, 0.2) is 5.82 Å². The number of benzene rings is 1. The van der Waals surface area contributed by atoms with E-state index in [1.807, 2.05) is 36.4 Å². The molecule has 0 saturated carbocycles. The molecule has 1 aromatic carbocycles. The molecule has 7 nitrogen and oxygen atoms in total. The molecule has 2 N–H and O–H groups in total. The highest BCUT2D eigenvalue weighted by Gasteiger charge is 2.05. The molecule has 0 bridgehead atoms.